The summed E-state index contributed by atoms with van der Waals surface area (Å²) in [5.41, 5.74) is 4.41. The van der Waals surface area contributed by atoms with Crippen molar-refractivity contribution in [1.29, 1.82) is 0 Å². The highest BCUT2D eigenvalue weighted by Gasteiger charge is 2.54. The van der Waals surface area contributed by atoms with Crippen LogP contribution in [0.1, 0.15) is 23.6 Å². The number of benzene rings is 2. The van der Waals surface area contributed by atoms with Crippen molar-refractivity contribution in [3.8, 4) is 0 Å². The van der Waals surface area contributed by atoms with E-state index in [9.17, 15) is 9.59 Å². The van der Waals surface area contributed by atoms with Crippen LogP contribution in [0.15, 0.2) is 53.5 Å². The van der Waals surface area contributed by atoms with Crippen molar-refractivity contribution in [3.05, 3.63) is 65.2 Å². The summed E-state index contributed by atoms with van der Waals surface area (Å²) >= 11 is 0. The van der Waals surface area contributed by atoms with Gasteiger partial charge in [0.05, 0.1) is 6.54 Å². The summed E-state index contributed by atoms with van der Waals surface area (Å²) in [5, 5.41) is 0. The monoisotopic (exact) mass is 417 g/mol. The highest BCUT2D eigenvalue weighted by Crippen LogP contribution is 2.34. The number of imide groups is 1. The maximum Gasteiger partial charge on any atom is 0.328 e. The van der Waals surface area contributed by atoms with E-state index in [2.05, 4.69) is 41.0 Å². The molecule has 5 rings (SSSR count). The molecule has 3 amide bonds. The fourth-order valence-electron chi connectivity index (χ4n) is 4.73. The van der Waals surface area contributed by atoms with Gasteiger partial charge in [-0.1, -0.05) is 48.9 Å². The van der Waals surface area contributed by atoms with Gasteiger partial charge in [-0.3, -0.25) is 9.69 Å². The Morgan fingerprint density at radius 3 is 2.52 bits per heavy atom. The third kappa shape index (κ3) is 3.15. The van der Waals surface area contributed by atoms with Gasteiger partial charge in [0, 0.05) is 25.8 Å². The van der Waals surface area contributed by atoms with Gasteiger partial charge in [0.2, 0.25) is 5.96 Å². The molecule has 160 valence electrons. The number of carbonyl (C=O) groups excluding carboxylic acids is 2. The third-order valence-corrected chi connectivity index (χ3v) is 6.46. The van der Waals surface area contributed by atoms with E-state index in [-0.39, 0.29) is 18.5 Å². The second-order valence-electron chi connectivity index (χ2n) is 8.46. The van der Waals surface area contributed by atoms with Gasteiger partial charge in [0.15, 0.2) is 12.2 Å². The Balaban J connectivity index is 1.42. The lowest BCUT2D eigenvalue weighted by molar-refractivity contribution is -0.137. The fraction of sp³-hybridized carbons (Fsp3) is 0.375. The second-order valence-corrected chi connectivity index (χ2v) is 8.46. The molecule has 0 saturated carbocycles. The van der Waals surface area contributed by atoms with Crippen molar-refractivity contribution >= 4 is 23.6 Å². The Morgan fingerprint density at radius 2 is 1.81 bits per heavy atom. The first kappa shape index (κ1) is 19.6. The number of nitrogens with zero attached hydrogens (tertiary/aromatic N) is 5. The number of anilines is 1. The quantitative estimate of drug-likeness (QED) is 0.768. The molecule has 7 heteroatoms. The number of guanidine groups is 1. The van der Waals surface area contributed by atoms with Crippen molar-refractivity contribution in [2.24, 2.45) is 4.99 Å². The summed E-state index contributed by atoms with van der Waals surface area (Å²) in [6.07, 6.45) is 0.511. The Bertz CT molecular complexity index is 1060. The zero-order chi connectivity index (χ0) is 21.7. The van der Waals surface area contributed by atoms with Crippen LogP contribution in [-0.2, 0) is 17.8 Å². The van der Waals surface area contributed by atoms with Crippen LogP contribution in [0.2, 0.25) is 0 Å². The van der Waals surface area contributed by atoms with Crippen LogP contribution in [0.4, 0.5) is 10.5 Å². The number of fused-ring (bicyclic) bond motifs is 3. The van der Waals surface area contributed by atoms with Gasteiger partial charge in [0.1, 0.15) is 0 Å². The molecule has 3 aliphatic heterocycles. The van der Waals surface area contributed by atoms with Crippen LogP contribution in [0.3, 0.4) is 0 Å². The van der Waals surface area contributed by atoms with Gasteiger partial charge < -0.3 is 14.7 Å². The van der Waals surface area contributed by atoms with E-state index in [1.54, 1.807) is 11.9 Å². The third-order valence-electron chi connectivity index (χ3n) is 6.46. The van der Waals surface area contributed by atoms with Crippen LogP contribution < -0.4 is 4.90 Å². The fourth-order valence-corrected chi connectivity index (χ4v) is 4.73. The van der Waals surface area contributed by atoms with Crippen molar-refractivity contribution in [2.75, 3.05) is 25.0 Å². The maximum absolute atomic E-state index is 13.5. The highest BCUT2D eigenvalue weighted by molar-refractivity contribution is 6.07. The minimum absolute atomic E-state index is 0.170. The smallest absolute Gasteiger partial charge is 0.325 e. The van der Waals surface area contributed by atoms with Gasteiger partial charge in [-0.15, -0.1) is 0 Å². The van der Waals surface area contributed by atoms with E-state index in [0.29, 0.717) is 6.54 Å². The zero-order valence-electron chi connectivity index (χ0n) is 18.2. The molecule has 0 aromatic heterocycles. The van der Waals surface area contributed by atoms with Gasteiger partial charge in [-0.05, 0) is 36.6 Å². The van der Waals surface area contributed by atoms with E-state index in [4.69, 9.17) is 4.99 Å². The molecule has 0 aliphatic carbocycles. The molecule has 2 fully saturated rings. The van der Waals surface area contributed by atoms with Gasteiger partial charge in [-0.25, -0.2) is 9.79 Å². The number of amides is 3. The van der Waals surface area contributed by atoms with Gasteiger partial charge >= 0.3 is 6.03 Å². The number of aryl methyl sites for hydroxylation is 2. The largest absolute Gasteiger partial charge is 0.328 e. The summed E-state index contributed by atoms with van der Waals surface area (Å²) in [4.78, 5) is 38.5. The molecule has 3 aliphatic rings. The van der Waals surface area contributed by atoms with Gasteiger partial charge in [-0.2, -0.15) is 0 Å². The Kier molecular flexibility index (Phi) is 4.68. The van der Waals surface area contributed by atoms with Crippen LogP contribution in [0.5, 0.6) is 0 Å². The molecule has 0 radical (unpaired) electrons. The normalized spacial score (nSPS) is 22.7. The SMILES string of the molecule is CCc1ccc(N2CCN3C2=NC2C3C(=O)N(Cc3cccc(C)c3)C(=O)N2C)cc1. The van der Waals surface area contributed by atoms with E-state index in [1.165, 1.54) is 10.5 Å². The molecule has 2 saturated heterocycles. The number of hydrogen-bond donors (Lipinski definition) is 0. The van der Waals surface area contributed by atoms with E-state index >= 15 is 0 Å². The van der Waals surface area contributed by atoms with Crippen LogP contribution in [0.25, 0.3) is 0 Å². The summed E-state index contributed by atoms with van der Waals surface area (Å²) in [7, 11) is 1.74. The molecule has 2 atom stereocenters. The summed E-state index contributed by atoms with van der Waals surface area (Å²) in [5.74, 6) is 0.612. The summed E-state index contributed by atoms with van der Waals surface area (Å²) < 4.78 is 0. The Morgan fingerprint density at radius 1 is 1.03 bits per heavy atom. The molecule has 2 aromatic rings. The first-order valence-corrected chi connectivity index (χ1v) is 10.8. The predicted molar refractivity (Wildman–Crippen MR) is 120 cm³/mol. The Labute approximate surface area is 182 Å². The number of rotatable bonds is 4. The molecule has 7 nitrogen and oxygen atoms in total. The highest BCUT2D eigenvalue weighted by atomic mass is 16.2. The summed E-state index contributed by atoms with van der Waals surface area (Å²) in [6, 6.07) is 15.6. The molecule has 2 aromatic carbocycles. The standard InChI is InChI=1S/C24H27N5O2/c1-4-17-8-10-19(11-9-17)27-12-13-28-20-21(25-23(27)28)26(3)24(31)29(22(20)30)15-18-7-5-6-16(2)14-18/h5-11,14,20-21H,4,12-13,15H2,1-3H3. The molecule has 0 bridgehead atoms. The molecular formula is C24H27N5O2. The lowest BCUT2D eigenvalue weighted by atomic mass is 10.1. The second kappa shape index (κ2) is 7.41. The average molecular weight is 418 g/mol. The number of carbonyl (C=O) groups is 2. The predicted octanol–water partition coefficient (Wildman–Crippen LogP) is 2.84. The minimum Gasteiger partial charge on any atom is -0.325 e. The lowest BCUT2D eigenvalue weighted by Crippen LogP contribution is -2.64. The van der Waals surface area contributed by atoms with Crippen molar-refractivity contribution in [1.82, 2.24) is 14.7 Å². The number of aliphatic imine (C=N–C) groups is 1. The van der Waals surface area contributed by atoms with E-state index in [1.807, 2.05) is 31.2 Å². The molecular weight excluding hydrogens is 390 g/mol. The first-order chi connectivity index (χ1) is 15.0. The number of likely N-dealkylation sites (N-methyl/N-ethyl adjacent to an activating group) is 1. The van der Waals surface area contributed by atoms with Crippen LogP contribution >= 0.6 is 0 Å². The average Bonchev–Trinajstić information content (AvgIpc) is 3.35. The lowest BCUT2D eigenvalue weighted by Gasteiger charge is -2.40. The molecule has 0 spiro atoms. The zero-order valence-corrected chi connectivity index (χ0v) is 18.2. The number of hydrogen-bond acceptors (Lipinski definition) is 5. The summed E-state index contributed by atoms with van der Waals surface area (Å²) in [6.45, 7) is 5.91. The van der Waals surface area contributed by atoms with E-state index in [0.717, 1.165) is 35.7 Å². The van der Waals surface area contributed by atoms with Gasteiger partial charge in [0.25, 0.3) is 5.91 Å². The molecule has 2 unspecified atom stereocenters. The Hall–Kier alpha value is -3.35. The minimum atomic E-state index is -0.485. The van der Waals surface area contributed by atoms with Crippen molar-refractivity contribution in [2.45, 2.75) is 39.0 Å². The molecule has 31 heavy (non-hydrogen) atoms. The molecule has 0 N–H and O–H groups in total. The first-order valence-electron chi connectivity index (χ1n) is 10.8. The number of urea groups is 1. The van der Waals surface area contributed by atoms with Crippen LogP contribution in [-0.4, -0.2) is 64.9 Å². The van der Waals surface area contributed by atoms with Crippen molar-refractivity contribution < 1.29 is 9.59 Å². The van der Waals surface area contributed by atoms with Crippen LogP contribution in [0, 0.1) is 6.92 Å². The maximum atomic E-state index is 13.5. The van der Waals surface area contributed by atoms with Crippen molar-refractivity contribution in [3.63, 3.8) is 0 Å². The topological polar surface area (TPSA) is 59.5 Å². The van der Waals surface area contributed by atoms with E-state index < -0.39 is 12.2 Å². The molecule has 3 heterocycles.